The molecule has 0 spiro atoms. The molecule has 1 aromatic heterocycles. The van der Waals surface area contributed by atoms with Crippen LogP contribution in [0, 0.1) is 12.3 Å². The van der Waals surface area contributed by atoms with E-state index >= 15 is 0 Å². The summed E-state index contributed by atoms with van der Waals surface area (Å²) in [4.78, 5) is 21.1. The maximum atomic E-state index is 8.00. The van der Waals surface area contributed by atoms with Gasteiger partial charge in [-0.1, -0.05) is 0 Å². The molecular formula is C27H45N7O3. The highest BCUT2D eigenvalue weighted by atomic mass is 16.5. The maximum absolute atomic E-state index is 8.00. The highest BCUT2D eigenvalue weighted by molar-refractivity contribution is 5.88. The molecule has 1 aliphatic heterocycles. The standard InChI is InChI=1S/C22H33N7O.C4H10O.CH2O/c1-16-13-17(24-9-12-28(2)3)5-6-20(16)27-21-19(14-23)22(26-15-25-21)30-18-7-10-29(4)11-8-18;1-4(2)5-3;1-2/h5-6,13-15,18,23-24H,7-12H2,1-4H3,(H,25,26,27);4H,1-3H3;1H2. The van der Waals surface area contributed by atoms with Gasteiger partial charge in [-0.2, -0.15) is 0 Å². The fourth-order valence-electron chi connectivity index (χ4n) is 3.43. The van der Waals surface area contributed by atoms with Crippen LogP contribution >= 0.6 is 0 Å². The van der Waals surface area contributed by atoms with Crippen molar-refractivity contribution < 1.29 is 14.3 Å². The number of nitrogens with one attached hydrogen (secondary N) is 3. The van der Waals surface area contributed by atoms with Crippen LogP contribution in [0.25, 0.3) is 0 Å². The lowest BCUT2D eigenvalue weighted by Crippen LogP contribution is -2.36. The summed E-state index contributed by atoms with van der Waals surface area (Å²) in [5, 5.41) is 14.7. The first kappa shape index (κ1) is 31.9. The highest BCUT2D eigenvalue weighted by Crippen LogP contribution is 2.28. The van der Waals surface area contributed by atoms with Crippen molar-refractivity contribution in [1.82, 2.24) is 19.8 Å². The summed E-state index contributed by atoms with van der Waals surface area (Å²) in [6.07, 6.45) is 5.18. The van der Waals surface area contributed by atoms with Crippen molar-refractivity contribution in [3.63, 3.8) is 0 Å². The Bertz CT molecular complexity index is 932. The molecule has 10 heteroatoms. The molecule has 0 saturated carbocycles. The molecule has 1 aromatic carbocycles. The summed E-state index contributed by atoms with van der Waals surface area (Å²) in [6, 6.07) is 6.19. The number of ether oxygens (including phenoxy) is 2. The van der Waals surface area contributed by atoms with Crippen LogP contribution < -0.4 is 15.4 Å². The van der Waals surface area contributed by atoms with Crippen molar-refractivity contribution in [2.24, 2.45) is 0 Å². The lowest BCUT2D eigenvalue weighted by atomic mass is 10.1. The average Bonchev–Trinajstić information content (AvgIpc) is 2.88. The van der Waals surface area contributed by atoms with Gasteiger partial charge in [-0.25, -0.2) is 9.97 Å². The minimum absolute atomic E-state index is 0.122. The Kier molecular flexibility index (Phi) is 15.0. The molecule has 1 fully saturated rings. The molecule has 0 bridgehead atoms. The normalized spacial score (nSPS) is 13.8. The molecule has 206 valence electrons. The quantitative estimate of drug-likeness (QED) is 0.406. The summed E-state index contributed by atoms with van der Waals surface area (Å²) in [7, 11) is 7.95. The molecule has 0 atom stereocenters. The van der Waals surface area contributed by atoms with Gasteiger partial charge in [0.05, 0.1) is 11.7 Å². The molecule has 2 heterocycles. The van der Waals surface area contributed by atoms with Gasteiger partial charge in [-0.05, 0) is 78.5 Å². The third kappa shape index (κ3) is 11.7. The van der Waals surface area contributed by atoms with Crippen molar-refractivity contribution in [3.05, 3.63) is 35.7 Å². The van der Waals surface area contributed by atoms with Crippen LogP contribution in [0.2, 0.25) is 0 Å². The second-order valence-corrected chi connectivity index (χ2v) is 9.38. The van der Waals surface area contributed by atoms with E-state index in [1.165, 1.54) is 12.5 Å². The minimum atomic E-state index is 0.122. The van der Waals surface area contributed by atoms with E-state index in [0.717, 1.165) is 56.0 Å². The summed E-state index contributed by atoms with van der Waals surface area (Å²) in [5.41, 5.74) is 3.70. The van der Waals surface area contributed by atoms with Gasteiger partial charge in [0.25, 0.3) is 0 Å². The number of methoxy groups -OCH3 is 1. The predicted molar refractivity (Wildman–Crippen MR) is 152 cm³/mol. The van der Waals surface area contributed by atoms with Crippen LogP contribution in [0.3, 0.4) is 0 Å². The Hall–Kier alpha value is -3.08. The molecule has 2 aromatic rings. The zero-order valence-corrected chi connectivity index (χ0v) is 23.5. The van der Waals surface area contributed by atoms with Gasteiger partial charge in [-0.15, -0.1) is 0 Å². The Balaban J connectivity index is 0.000000874. The summed E-state index contributed by atoms with van der Waals surface area (Å²) in [5.74, 6) is 1.05. The van der Waals surface area contributed by atoms with Crippen molar-refractivity contribution in [2.45, 2.75) is 45.8 Å². The fraction of sp³-hybridized carbons (Fsp3) is 0.556. The van der Waals surface area contributed by atoms with Crippen LogP contribution in [0.1, 0.15) is 37.8 Å². The van der Waals surface area contributed by atoms with E-state index in [2.05, 4.69) is 64.5 Å². The number of hydrogen-bond donors (Lipinski definition) is 3. The second-order valence-electron chi connectivity index (χ2n) is 9.38. The zero-order valence-electron chi connectivity index (χ0n) is 23.5. The largest absolute Gasteiger partial charge is 0.474 e. The number of benzene rings is 1. The van der Waals surface area contributed by atoms with E-state index in [9.17, 15) is 0 Å². The molecule has 0 aliphatic carbocycles. The number of likely N-dealkylation sites (tertiary alicyclic amines) is 1. The van der Waals surface area contributed by atoms with Crippen LogP contribution in [0.5, 0.6) is 5.88 Å². The summed E-state index contributed by atoms with van der Waals surface area (Å²) < 4.78 is 10.9. The van der Waals surface area contributed by atoms with E-state index in [1.807, 2.05) is 32.8 Å². The van der Waals surface area contributed by atoms with Crippen LogP contribution in [-0.4, -0.2) is 99.4 Å². The number of anilines is 3. The van der Waals surface area contributed by atoms with Gasteiger partial charge in [0.1, 0.15) is 25.0 Å². The second kappa shape index (κ2) is 17.4. The minimum Gasteiger partial charge on any atom is -0.474 e. The zero-order chi connectivity index (χ0) is 27.8. The number of likely N-dealkylation sites (N-methyl/N-ethyl adjacent to an activating group) is 1. The molecule has 1 aliphatic rings. The van der Waals surface area contributed by atoms with E-state index in [-0.39, 0.29) is 6.10 Å². The smallest absolute Gasteiger partial charge is 0.227 e. The molecule has 0 radical (unpaired) electrons. The van der Waals surface area contributed by atoms with Crippen molar-refractivity contribution in [3.8, 4) is 5.88 Å². The SMILES string of the molecule is C=O.COC(C)C.Cc1cc(NCCN(C)C)ccc1Nc1ncnc(OC2CCN(C)CC2)c1C=N. The van der Waals surface area contributed by atoms with Gasteiger partial charge >= 0.3 is 0 Å². The van der Waals surface area contributed by atoms with Gasteiger partial charge in [0.15, 0.2) is 0 Å². The van der Waals surface area contributed by atoms with E-state index in [4.69, 9.17) is 19.7 Å². The topological polar surface area (TPSA) is 116 Å². The molecule has 3 rings (SSSR count). The predicted octanol–water partition coefficient (Wildman–Crippen LogP) is 3.83. The first-order chi connectivity index (χ1) is 17.7. The van der Waals surface area contributed by atoms with Gasteiger partial charge in [0.2, 0.25) is 5.88 Å². The summed E-state index contributed by atoms with van der Waals surface area (Å²) >= 11 is 0. The average molecular weight is 516 g/mol. The maximum Gasteiger partial charge on any atom is 0.227 e. The van der Waals surface area contributed by atoms with E-state index in [1.54, 1.807) is 7.11 Å². The molecule has 0 unspecified atom stereocenters. The third-order valence-electron chi connectivity index (χ3n) is 5.77. The summed E-state index contributed by atoms with van der Waals surface area (Å²) in [6.45, 7) is 11.9. The van der Waals surface area contributed by atoms with Gasteiger partial charge < -0.3 is 40.1 Å². The Labute approximate surface area is 222 Å². The fourth-order valence-corrected chi connectivity index (χ4v) is 3.43. The Morgan fingerprint density at radius 1 is 1.24 bits per heavy atom. The highest BCUT2D eigenvalue weighted by Gasteiger charge is 2.21. The molecule has 3 N–H and O–H groups in total. The van der Waals surface area contributed by atoms with Crippen molar-refractivity contribution in [1.29, 1.82) is 5.41 Å². The molecule has 1 saturated heterocycles. The van der Waals surface area contributed by atoms with E-state index in [0.29, 0.717) is 23.4 Å². The van der Waals surface area contributed by atoms with Crippen LogP contribution in [-0.2, 0) is 9.53 Å². The van der Waals surface area contributed by atoms with Crippen LogP contribution in [0.15, 0.2) is 24.5 Å². The first-order valence-corrected chi connectivity index (χ1v) is 12.5. The third-order valence-corrected chi connectivity index (χ3v) is 5.77. The number of piperidine rings is 1. The van der Waals surface area contributed by atoms with E-state index < -0.39 is 0 Å². The molecular weight excluding hydrogens is 470 g/mol. The molecule has 37 heavy (non-hydrogen) atoms. The van der Waals surface area contributed by atoms with Gasteiger partial charge in [0, 0.05) is 50.9 Å². The van der Waals surface area contributed by atoms with Crippen LogP contribution in [0.4, 0.5) is 17.2 Å². The number of aryl methyl sites for hydroxylation is 1. The van der Waals surface area contributed by atoms with Gasteiger partial charge in [-0.3, -0.25) is 0 Å². The number of carbonyl (C=O) groups excluding carboxylic acids is 1. The number of rotatable bonds is 10. The number of carbonyl (C=O) groups is 1. The van der Waals surface area contributed by atoms with Crippen molar-refractivity contribution in [2.75, 3.05) is 65.1 Å². The molecule has 0 amide bonds. The molecule has 10 nitrogen and oxygen atoms in total. The Morgan fingerprint density at radius 2 is 1.89 bits per heavy atom. The Morgan fingerprint density at radius 3 is 2.43 bits per heavy atom. The van der Waals surface area contributed by atoms with Crippen molar-refractivity contribution >= 4 is 30.2 Å². The number of aromatic nitrogens is 2. The monoisotopic (exact) mass is 515 g/mol. The number of hydrogen-bond acceptors (Lipinski definition) is 10. The number of nitrogens with zero attached hydrogens (tertiary/aromatic N) is 4. The first-order valence-electron chi connectivity index (χ1n) is 12.5. The lowest BCUT2D eigenvalue weighted by molar-refractivity contribution is -0.0980. The lowest BCUT2D eigenvalue weighted by Gasteiger charge is -2.29.